The fourth-order valence-corrected chi connectivity index (χ4v) is 3.60. The fourth-order valence-electron chi connectivity index (χ4n) is 2.93. The largest absolute Gasteiger partial charge is 0.376 e. The summed E-state index contributed by atoms with van der Waals surface area (Å²) in [4.78, 5) is 29.6. The van der Waals surface area contributed by atoms with Gasteiger partial charge in [0.15, 0.2) is 4.96 Å². The summed E-state index contributed by atoms with van der Waals surface area (Å²) in [6.45, 7) is 5.00. The Morgan fingerprint density at radius 1 is 1.57 bits per heavy atom. The predicted octanol–water partition coefficient (Wildman–Crippen LogP) is 2.08. The van der Waals surface area contributed by atoms with Crippen molar-refractivity contribution >= 4 is 22.2 Å². The molecular weight excluding hydrogens is 314 g/mol. The maximum absolute atomic E-state index is 12.5. The highest BCUT2D eigenvalue weighted by molar-refractivity contribution is 7.15. The lowest BCUT2D eigenvalue weighted by atomic mass is 9.94. The zero-order chi connectivity index (χ0) is 16.4. The number of ether oxygens (including phenoxy) is 1. The van der Waals surface area contributed by atoms with Crippen LogP contribution in [0.1, 0.15) is 43.5 Å². The molecule has 124 valence electrons. The molecule has 1 aliphatic rings. The molecule has 2 atom stereocenters. The van der Waals surface area contributed by atoms with Gasteiger partial charge in [0.25, 0.3) is 11.5 Å². The van der Waals surface area contributed by atoms with Crippen molar-refractivity contribution < 1.29 is 9.53 Å². The first-order chi connectivity index (χ1) is 11.1. The summed E-state index contributed by atoms with van der Waals surface area (Å²) in [6, 6.07) is -0.0544. The Morgan fingerprint density at radius 2 is 2.39 bits per heavy atom. The molecule has 1 amide bonds. The Morgan fingerprint density at radius 3 is 3.17 bits per heavy atom. The zero-order valence-corrected chi connectivity index (χ0v) is 14.1. The van der Waals surface area contributed by atoms with Gasteiger partial charge in [0.1, 0.15) is 5.56 Å². The molecule has 2 unspecified atom stereocenters. The van der Waals surface area contributed by atoms with Crippen LogP contribution in [0.3, 0.4) is 0 Å². The Balaban J connectivity index is 1.79. The van der Waals surface area contributed by atoms with Gasteiger partial charge < -0.3 is 10.1 Å². The lowest BCUT2D eigenvalue weighted by molar-refractivity contribution is -0.0186. The molecule has 1 fully saturated rings. The SMILES string of the molecule is CC(C)CC1OCCCC1NC(=O)c1cnc2sccn2c1=O. The fraction of sp³-hybridized carbons (Fsp3) is 0.562. The van der Waals surface area contributed by atoms with Gasteiger partial charge in [-0.15, -0.1) is 11.3 Å². The highest BCUT2D eigenvalue weighted by atomic mass is 32.1. The van der Waals surface area contributed by atoms with Gasteiger partial charge in [0.05, 0.1) is 12.1 Å². The van der Waals surface area contributed by atoms with E-state index in [-0.39, 0.29) is 29.2 Å². The van der Waals surface area contributed by atoms with Crippen LogP contribution in [0.4, 0.5) is 0 Å². The number of fused-ring (bicyclic) bond motifs is 1. The van der Waals surface area contributed by atoms with E-state index in [9.17, 15) is 9.59 Å². The van der Waals surface area contributed by atoms with Gasteiger partial charge in [-0.3, -0.25) is 14.0 Å². The van der Waals surface area contributed by atoms with E-state index >= 15 is 0 Å². The summed E-state index contributed by atoms with van der Waals surface area (Å²) in [5, 5.41) is 4.75. The van der Waals surface area contributed by atoms with E-state index in [2.05, 4.69) is 24.1 Å². The number of nitrogens with zero attached hydrogens (tertiary/aromatic N) is 2. The number of aromatic nitrogens is 2. The van der Waals surface area contributed by atoms with Gasteiger partial charge >= 0.3 is 0 Å². The molecule has 1 saturated heterocycles. The van der Waals surface area contributed by atoms with E-state index in [4.69, 9.17) is 4.74 Å². The highest BCUT2D eigenvalue weighted by Gasteiger charge is 2.29. The number of carbonyl (C=O) groups is 1. The van der Waals surface area contributed by atoms with Crippen molar-refractivity contribution in [3.63, 3.8) is 0 Å². The second-order valence-corrected chi connectivity index (χ2v) is 7.17. The second kappa shape index (κ2) is 6.80. The minimum Gasteiger partial charge on any atom is -0.376 e. The van der Waals surface area contributed by atoms with Crippen molar-refractivity contribution in [2.24, 2.45) is 5.92 Å². The van der Waals surface area contributed by atoms with Crippen LogP contribution in [0, 0.1) is 5.92 Å². The Kier molecular flexibility index (Phi) is 4.77. The molecule has 0 saturated carbocycles. The number of thiazole rings is 1. The van der Waals surface area contributed by atoms with Crippen molar-refractivity contribution in [2.45, 2.75) is 45.3 Å². The van der Waals surface area contributed by atoms with Gasteiger partial charge in [-0.2, -0.15) is 0 Å². The van der Waals surface area contributed by atoms with E-state index in [1.807, 2.05) is 0 Å². The van der Waals surface area contributed by atoms with E-state index in [0.29, 0.717) is 10.9 Å². The molecule has 2 aromatic heterocycles. The predicted molar refractivity (Wildman–Crippen MR) is 89.0 cm³/mol. The van der Waals surface area contributed by atoms with Crippen molar-refractivity contribution in [3.8, 4) is 0 Å². The number of rotatable bonds is 4. The van der Waals surface area contributed by atoms with E-state index in [0.717, 1.165) is 25.9 Å². The molecule has 2 aromatic rings. The Bertz CT molecular complexity index is 752. The molecule has 7 heteroatoms. The topological polar surface area (TPSA) is 72.7 Å². The second-order valence-electron chi connectivity index (χ2n) is 6.29. The standard InChI is InChI=1S/C16H21N3O3S/c1-10(2)8-13-12(4-3-6-22-13)18-14(20)11-9-17-16-19(15(11)21)5-7-23-16/h5,7,9-10,12-13H,3-4,6,8H2,1-2H3,(H,18,20). The highest BCUT2D eigenvalue weighted by Crippen LogP contribution is 2.20. The van der Waals surface area contributed by atoms with Crippen molar-refractivity contribution in [2.75, 3.05) is 6.61 Å². The van der Waals surface area contributed by atoms with Crippen LogP contribution in [-0.4, -0.2) is 34.0 Å². The van der Waals surface area contributed by atoms with Crippen molar-refractivity contribution in [1.82, 2.24) is 14.7 Å². The molecule has 1 N–H and O–H groups in total. The first-order valence-electron chi connectivity index (χ1n) is 7.93. The normalized spacial score (nSPS) is 21.7. The lowest BCUT2D eigenvalue weighted by Crippen LogP contribution is -2.48. The van der Waals surface area contributed by atoms with Crippen LogP contribution in [-0.2, 0) is 4.74 Å². The van der Waals surface area contributed by atoms with Crippen molar-refractivity contribution in [3.05, 3.63) is 33.7 Å². The molecule has 6 nitrogen and oxygen atoms in total. The minimum atomic E-state index is -0.368. The van der Waals surface area contributed by atoms with Crippen LogP contribution in [0.5, 0.6) is 0 Å². The van der Waals surface area contributed by atoms with Gasteiger partial charge in [0, 0.05) is 24.4 Å². The van der Waals surface area contributed by atoms with Gasteiger partial charge in [-0.25, -0.2) is 4.98 Å². The van der Waals surface area contributed by atoms with E-state index in [1.54, 1.807) is 11.6 Å². The van der Waals surface area contributed by atoms with Gasteiger partial charge in [-0.05, 0) is 25.2 Å². The molecule has 0 spiro atoms. The third-order valence-corrected chi connectivity index (χ3v) is 4.82. The number of carbonyl (C=O) groups excluding carboxylic acids is 1. The molecular formula is C16H21N3O3S. The van der Waals surface area contributed by atoms with Crippen LogP contribution < -0.4 is 10.9 Å². The monoisotopic (exact) mass is 335 g/mol. The Hall–Kier alpha value is -1.73. The molecule has 3 heterocycles. The summed E-state index contributed by atoms with van der Waals surface area (Å²) in [5.41, 5.74) is -0.249. The van der Waals surface area contributed by atoms with Crippen LogP contribution in [0.15, 0.2) is 22.6 Å². The average molecular weight is 335 g/mol. The van der Waals surface area contributed by atoms with E-state index in [1.165, 1.54) is 21.9 Å². The molecule has 0 bridgehead atoms. The summed E-state index contributed by atoms with van der Waals surface area (Å²) in [6.07, 6.45) is 5.69. The molecule has 0 radical (unpaired) electrons. The third kappa shape index (κ3) is 3.45. The summed E-state index contributed by atoms with van der Waals surface area (Å²) in [5.74, 6) is 0.124. The zero-order valence-electron chi connectivity index (χ0n) is 13.3. The first kappa shape index (κ1) is 16.1. The third-order valence-electron chi connectivity index (χ3n) is 4.05. The Labute approximate surface area is 138 Å². The number of hydrogen-bond donors (Lipinski definition) is 1. The van der Waals surface area contributed by atoms with Gasteiger partial charge in [0.2, 0.25) is 0 Å². The summed E-state index contributed by atoms with van der Waals surface area (Å²) in [7, 11) is 0. The van der Waals surface area contributed by atoms with Crippen LogP contribution in [0.25, 0.3) is 4.96 Å². The number of amides is 1. The van der Waals surface area contributed by atoms with Gasteiger partial charge in [-0.1, -0.05) is 13.8 Å². The smallest absolute Gasteiger partial charge is 0.271 e. The minimum absolute atomic E-state index is 0.00768. The number of nitrogens with one attached hydrogen (secondary N) is 1. The average Bonchev–Trinajstić information content (AvgIpc) is 2.98. The molecule has 1 aliphatic heterocycles. The molecule has 0 aliphatic carbocycles. The van der Waals surface area contributed by atoms with Crippen molar-refractivity contribution in [1.29, 1.82) is 0 Å². The molecule has 3 rings (SSSR count). The van der Waals surface area contributed by atoms with Crippen LogP contribution in [0.2, 0.25) is 0 Å². The van der Waals surface area contributed by atoms with E-state index < -0.39 is 0 Å². The summed E-state index contributed by atoms with van der Waals surface area (Å²) >= 11 is 1.36. The quantitative estimate of drug-likeness (QED) is 0.928. The number of hydrogen-bond acceptors (Lipinski definition) is 5. The summed E-state index contributed by atoms with van der Waals surface area (Å²) < 4.78 is 7.22. The lowest BCUT2D eigenvalue weighted by Gasteiger charge is -2.33. The molecule has 23 heavy (non-hydrogen) atoms. The maximum Gasteiger partial charge on any atom is 0.271 e. The molecule has 0 aromatic carbocycles. The first-order valence-corrected chi connectivity index (χ1v) is 8.81. The maximum atomic E-state index is 12.5. The van der Waals surface area contributed by atoms with Crippen LogP contribution >= 0.6 is 11.3 Å².